The number of carbonyl (C=O) groups is 2. The number of rotatable bonds is 2. The fourth-order valence-electron chi connectivity index (χ4n) is 1.08. The smallest absolute Gasteiger partial charge is 0.314 e. The Morgan fingerprint density at radius 2 is 2.20 bits per heavy atom. The standard InChI is InChI=1S/C9H11N3O3/c1-5-4-7(12-15-5)11-9(14)8(13)10-6-2-3-6/h4,6H,2-3H2,1H3,(H,10,13)(H,11,12,14). The zero-order chi connectivity index (χ0) is 10.8. The van der Waals surface area contributed by atoms with Crippen LogP contribution in [0.2, 0.25) is 0 Å². The van der Waals surface area contributed by atoms with Gasteiger partial charge in [0, 0.05) is 12.1 Å². The van der Waals surface area contributed by atoms with E-state index in [1.807, 2.05) is 0 Å². The van der Waals surface area contributed by atoms with Gasteiger partial charge < -0.3 is 9.84 Å². The van der Waals surface area contributed by atoms with Crippen molar-refractivity contribution in [3.05, 3.63) is 11.8 Å². The second kappa shape index (κ2) is 3.72. The summed E-state index contributed by atoms with van der Waals surface area (Å²) >= 11 is 0. The summed E-state index contributed by atoms with van der Waals surface area (Å²) in [5.41, 5.74) is 0. The van der Waals surface area contributed by atoms with E-state index >= 15 is 0 Å². The molecule has 0 bridgehead atoms. The number of anilines is 1. The van der Waals surface area contributed by atoms with E-state index in [1.54, 1.807) is 13.0 Å². The second-order valence-corrected chi connectivity index (χ2v) is 3.52. The third-order valence-corrected chi connectivity index (χ3v) is 1.99. The highest BCUT2D eigenvalue weighted by molar-refractivity contribution is 6.39. The number of nitrogens with one attached hydrogen (secondary N) is 2. The van der Waals surface area contributed by atoms with Crippen LogP contribution in [0, 0.1) is 6.92 Å². The van der Waals surface area contributed by atoms with Crippen molar-refractivity contribution in [2.75, 3.05) is 5.32 Å². The Kier molecular flexibility index (Phi) is 2.40. The topological polar surface area (TPSA) is 84.2 Å². The lowest BCUT2D eigenvalue weighted by Gasteiger charge is -2.01. The summed E-state index contributed by atoms with van der Waals surface area (Å²) in [6.07, 6.45) is 1.89. The number of hydrogen-bond donors (Lipinski definition) is 2. The lowest BCUT2D eigenvalue weighted by atomic mass is 10.4. The molecule has 15 heavy (non-hydrogen) atoms. The van der Waals surface area contributed by atoms with E-state index in [1.165, 1.54) is 0 Å². The fraction of sp³-hybridized carbons (Fsp3) is 0.444. The molecule has 0 aromatic carbocycles. The molecule has 0 radical (unpaired) electrons. The van der Waals surface area contributed by atoms with Crippen molar-refractivity contribution in [1.29, 1.82) is 0 Å². The zero-order valence-electron chi connectivity index (χ0n) is 8.24. The number of amides is 2. The molecule has 0 aliphatic heterocycles. The first-order chi connectivity index (χ1) is 7.15. The maximum Gasteiger partial charge on any atom is 0.314 e. The molecular weight excluding hydrogens is 198 g/mol. The molecule has 2 rings (SSSR count). The van der Waals surface area contributed by atoms with Gasteiger partial charge in [-0.05, 0) is 19.8 Å². The molecule has 6 nitrogen and oxygen atoms in total. The Labute approximate surface area is 86.0 Å². The van der Waals surface area contributed by atoms with Crippen LogP contribution in [0.5, 0.6) is 0 Å². The largest absolute Gasteiger partial charge is 0.360 e. The van der Waals surface area contributed by atoms with Crippen LogP contribution in [0.4, 0.5) is 5.82 Å². The molecule has 1 saturated carbocycles. The van der Waals surface area contributed by atoms with Crippen molar-refractivity contribution in [2.24, 2.45) is 0 Å². The molecule has 0 unspecified atom stereocenters. The molecule has 1 heterocycles. The van der Waals surface area contributed by atoms with Crippen molar-refractivity contribution in [1.82, 2.24) is 10.5 Å². The first kappa shape index (κ1) is 9.70. The summed E-state index contributed by atoms with van der Waals surface area (Å²) < 4.78 is 4.74. The molecule has 6 heteroatoms. The maximum absolute atomic E-state index is 11.3. The number of hydrogen-bond acceptors (Lipinski definition) is 4. The zero-order valence-corrected chi connectivity index (χ0v) is 8.24. The van der Waals surface area contributed by atoms with Gasteiger partial charge in [-0.2, -0.15) is 0 Å². The highest BCUT2D eigenvalue weighted by Crippen LogP contribution is 2.18. The number of aryl methyl sites for hydroxylation is 1. The number of aromatic nitrogens is 1. The van der Waals surface area contributed by atoms with Gasteiger partial charge in [0.15, 0.2) is 5.82 Å². The monoisotopic (exact) mass is 209 g/mol. The van der Waals surface area contributed by atoms with Crippen LogP contribution >= 0.6 is 0 Å². The van der Waals surface area contributed by atoms with E-state index in [4.69, 9.17) is 4.52 Å². The predicted octanol–water partition coefficient (Wildman–Crippen LogP) is 0.200. The Balaban J connectivity index is 1.87. The molecule has 2 N–H and O–H groups in total. The summed E-state index contributed by atoms with van der Waals surface area (Å²) in [5, 5.41) is 8.46. The molecule has 1 fully saturated rings. The Morgan fingerprint density at radius 1 is 1.47 bits per heavy atom. The van der Waals surface area contributed by atoms with Crippen LogP contribution < -0.4 is 10.6 Å². The van der Waals surface area contributed by atoms with Gasteiger partial charge in [0.05, 0.1) is 0 Å². The average molecular weight is 209 g/mol. The van der Waals surface area contributed by atoms with Gasteiger partial charge in [-0.1, -0.05) is 5.16 Å². The molecule has 0 spiro atoms. The molecule has 1 aliphatic carbocycles. The fourth-order valence-corrected chi connectivity index (χ4v) is 1.08. The Bertz CT molecular complexity index is 395. The number of carbonyl (C=O) groups excluding carboxylic acids is 2. The van der Waals surface area contributed by atoms with Gasteiger partial charge in [0.2, 0.25) is 0 Å². The normalized spacial score (nSPS) is 14.7. The van der Waals surface area contributed by atoms with Crippen molar-refractivity contribution < 1.29 is 14.1 Å². The van der Waals surface area contributed by atoms with Gasteiger partial charge in [0.1, 0.15) is 5.76 Å². The molecule has 2 amide bonds. The minimum atomic E-state index is -0.713. The maximum atomic E-state index is 11.3. The van der Waals surface area contributed by atoms with Crippen LogP contribution in [0.25, 0.3) is 0 Å². The van der Waals surface area contributed by atoms with Gasteiger partial charge in [-0.3, -0.25) is 14.9 Å². The first-order valence-electron chi connectivity index (χ1n) is 4.70. The van der Waals surface area contributed by atoms with Gasteiger partial charge >= 0.3 is 11.8 Å². The van der Waals surface area contributed by atoms with Crippen molar-refractivity contribution in [2.45, 2.75) is 25.8 Å². The lowest BCUT2D eigenvalue weighted by molar-refractivity contribution is -0.136. The SMILES string of the molecule is Cc1cc(NC(=O)C(=O)NC2CC2)no1. The van der Waals surface area contributed by atoms with E-state index < -0.39 is 11.8 Å². The van der Waals surface area contributed by atoms with Gasteiger partial charge in [-0.25, -0.2) is 0 Å². The number of nitrogens with zero attached hydrogens (tertiary/aromatic N) is 1. The molecule has 80 valence electrons. The highest BCUT2D eigenvalue weighted by atomic mass is 16.5. The highest BCUT2D eigenvalue weighted by Gasteiger charge is 2.26. The molecule has 0 atom stereocenters. The minimum absolute atomic E-state index is 0.169. The summed E-state index contributed by atoms with van der Waals surface area (Å²) in [7, 11) is 0. The lowest BCUT2D eigenvalue weighted by Crippen LogP contribution is -2.36. The van der Waals surface area contributed by atoms with E-state index in [0.29, 0.717) is 5.76 Å². The van der Waals surface area contributed by atoms with Crippen molar-refractivity contribution in [3.63, 3.8) is 0 Å². The average Bonchev–Trinajstić information content (AvgIpc) is 2.90. The van der Waals surface area contributed by atoms with Crippen molar-refractivity contribution in [3.8, 4) is 0 Å². The van der Waals surface area contributed by atoms with Crippen molar-refractivity contribution >= 4 is 17.6 Å². The van der Waals surface area contributed by atoms with Crippen LogP contribution in [-0.4, -0.2) is 23.0 Å². The minimum Gasteiger partial charge on any atom is -0.360 e. The van der Waals surface area contributed by atoms with E-state index in [0.717, 1.165) is 12.8 Å². The quantitative estimate of drug-likeness (QED) is 0.681. The van der Waals surface area contributed by atoms with E-state index in [-0.39, 0.29) is 11.9 Å². The Hall–Kier alpha value is -1.85. The van der Waals surface area contributed by atoms with Crippen LogP contribution in [0.3, 0.4) is 0 Å². The predicted molar refractivity (Wildman–Crippen MR) is 51.0 cm³/mol. The van der Waals surface area contributed by atoms with Crippen LogP contribution in [-0.2, 0) is 9.59 Å². The van der Waals surface area contributed by atoms with E-state index in [2.05, 4.69) is 15.8 Å². The van der Waals surface area contributed by atoms with Gasteiger partial charge in [-0.15, -0.1) is 0 Å². The first-order valence-corrected chi connectivity index (χ1v) is 4.70. The summed E-state index contributed by atoms with van der Waals surface area (Å²) in [6.45, 7) is 1.70. The molecule has 1 aromatic rings. The summed E-state index contributed by atoms with van der Waals surface area (Å²) in [6, 6.07) is 1.71. The van der Waals surface area contributed by atoms with Crippen LogP contribution in [0.1, 0.15) is 18.6 Å². The molecule has 1 aliphatic rings. The third kappa shape index (κ3) is 2.55. The molecular formula is C9H11N3O3. The molecule has 1 aromatic heterocycles. The molecule has 0 saturated heterocycles. The summed E-state index contributed by atoms with van der Waals surface area (Å²) in [4.78, 5) is 22.5. The van der Waals surface area contributed by atoms with Crippen LogP contribution in [0.15, 0.2) is 10.6 Å². The summed E-state index contributed by atoms with van der Waals surface area (Å²) in [5.74, 6) is -0.510. The second-order valence-electron chi connectivity index (χ2n) is 3.52. The third-order valence-electron chi connectivity index (χ3n) is 1.99. The van der Waals surface area contributed by atoms with Gasteiger partial charge in [0.25, 0.3) is 0 Å². The Morgan fingerprint density at radius 3 is 2.73 bits per heavy atom. The van der Waals surface area contributed by atoms with E-state index in [9.17, 15) is 9.59 Å².